The van der Waals surface area contributed by atoms with Crippen LogP contribution in [0.4, 0.5) is 0 Å². The lowest BCUT2D eigenvalue weighted by molar-refractivity contribution is -0.234. The van der Waals surface area contributed by atoms with Gasteiger partial charge in [0.1, 0.15) is 0 Å². The van der Waals surface area contributed by atoms with Crippen LogP contribution < -0.4 is 0 Å². The number of unbranched alkanes of at least 4 members (excludes halogenated alkanes) is 14. The van der Waals surface area contributed by atoms with Gasteiger partial charge in [0, 0.05) is 6.42 Å². The zero-order valence-corrected chi connectivity index (χ0v) is 18.9. The van der Waals surface area contributed by atoms with Gasteiger partial charge in [0.05, 0.1) is 14.2 Å². The molecule has 1 N–H and O–H groups in total. The maximum atomic E-state index is 10.7. The third-order valence-electron chi connectivity index (χ3n) is 4.49. The molecule has 8 heteroatoms. The summed E-state index contributed by atoms with van der Waals surface area (Å²) < 4.78 is 27.5. The van der Waals surface area contributed by atoms with Crippen LogP contribution in [0.25, 0.3) is 0 Å². The summed E-state index contributed by atoms with van der Waals surface area (Å²) in [4.78, 5) is 14.3. The molecule has 7 nitrogen and oxygen atoms in total. The minimum Gasteiger partial charge on any atom is -0.301 e. The lowest BCUT2D eigenvalue weighted by Gasteiger charge is -2.03. The Hall–Kier alpha value is -0.700. The van der Waals surface area contributed by atoms with Gasteiger partial charge in [-0.05, 0) is 6.42 Å². The van der Waals surface area contributed by atoms with Crippen LogP contribution in [-0.2, 0) is 28.4 Å². The van der Waals surface area contributed by atoms with Crippen LogP contribution in [0.15, 0.2) is 0 Å². The molecule has 0 saturated heterocycles. The first-order chi connectivity index (χ1) is 13.4. The third kappa shape index (κ3) is 25.3. The van der Waals surface area contributed by atoms with Crippen molar-refractivity contribution in [2.45, 2.75) is 110 Å². The van der Waals surface area contributed by atoms with E-state index in [0.29, 0.717) is 6.42 Å². The van der Waals surface area contributed by atoms with E-state index in [1.807, 2.05) is 0 Å². The molecule has 0 aromatic heterocycles. The number of rotatable bonds is 18. The summed E-state index contributed by atoms with van der Waals surface area (Å²) in [5.41, 5.74) is 0. The van der Waals surface area contributed by atoms with Crippen molar-refractivity contribution in [2.24, 2.45) is 0 Å². The largest absolute Gasteiger partial charge is 0.399 e. The molecule has 0 aliphatic heterocycles. The molecule has 0 heterocycles. The fraction of sp³-hybridized carbons (Fsp3) is 0.950. The van der Waals surface area contributed by atoms with E-state index in [-0.39, 0.29) is 0 Å². The van der Waals surface area contributed by atoms with Crippen molar-refractivity contribution in [2.75, 3.05) is 14.2 Å². The van der Waals surface area contributed by atoms with Crippen molar-refractivity contribution in [1.82, 2.24) is 0 Å². The molecule has 0 aliphatic rings. The highest BCUT2D eigenvalue weighted by atomic mass is 32.3. The normalized spacial score (nSPS) is 11.0. The quantitative estimate of drug-likeness (QED) is 0.168. The average Bonchev–Trinajstić information content (AvgIpc) is 2.71. The van der Waals surface area contributed by atoms with Crippen molar-refractivity contribution >= 4 is 16.4 Å². The van der Waals surface area contributed by atoms with Crippen molar-refractivity contribution < 1.29 is 31.7 Å². The first kappa shape index (κ1) is 29.5. The molecule has 170 valence electrons. The van der Waals surface area contributed by atoms with E-state index >= 15 is 0 Å². The average molecular weight is 427 g/mol. The standard InChI is InChI=1S/C18H36O3.C2H6O4S/c1-2-3-4-5-6-7-8-9-10-11-12-13-14-15-16-17-18(19)21-20;1-5-7(3,4)6-2/h20H,2-17H2,1H3;1-2H3. The van der Waals surface area contributed by atoms with Crippen molar-refractivity contribution in [3.8, 4) is 0 Å². The Morgan fingerprint density at radius 2 is 1.00 bits per heavy atom. The van der Waals surface area contributed by atoms with Crippen LogP contribution in [0, 0.1) is 0 Å². The number of hydrogen-bond donors (Lipinski definition) is 1. The van der Waals surface area contributed by atoms with Crippen molar-refractivity contribution in [1.29, 1.82) is 0 Å². The summed E-state index contributed by atoms with van der Waals surface area (Å²) in [5.74, 6) is -0.510. The van der Waals surface area contributed by atoms with E-state index in [4.69, 9.17) is 5.26 Å². The Balaban J connectivity index is 0. The molecule has 0 radical (unpaired) electrons. The van der Waals surface area contributed by atoms with Gasteiger partial charge in [0.15, 0.2) is 0 Å². The molecular formula is C20H42O7S. The van der Waals surface area contributed by atoms with Crippen LogP contribution in [0.3, 0.4) is 0 Å². The van der Waals surface area contributed by atoms with Gasteiger partial charge in [-0.15, -0.1) is 0 Å². The molecule has 0 aliphatic carbocycles. The summed E-state index contributed by atoms with van der Waals surface area (Å²) in [6.45, 7) is 2.27. The summed E-state index contributed by atoms with van der Waals surface area (Å²) >= 11 is 0. The molecule has 0 amide bonds. The Bertz CT molecular complexity index is 414. The molecule has 0 spiro atoms. The van der Waals surface area contributed by atoms with E-state index in [9.17, 15) is 13.2 Å². The monoisotopic (exact) mass is 426 g/mol. The highest BCUT2D eigenvalue weighted by molar-refractivity contribution is 7.81. The summed E-state index contributed by atoms with van der Waals surface area (Å²) in [5, 5.41) is 8.10. The Morgan fingerprint density at radius 1 is 0.679 bits per heavy atom. The van der Waals surface area contributed by atoms with Gasteiger partial charge >= 0.3 is 16.4 Å². The molecule has 0 fully saturated rings. The molecule has 0 atom stereocenters. The number of carbonyl (C=O) groups is 1. The second-order valence-corrected chi connectivity index (χ2v) is 8.39. The van der Waals surface area contributed by atoms with E-state index in [1.54, 1.807) is 0 Å². The van der Waals surface area contributed by atoms with Gasteiger partial charge in [-0.1, -0.05) is 96.8 Å². The number of hydrogen-bond acceptors (Lipinski definition) is 7. The van der Waals surface area contributed by atoms with Crippen LogP contribution in [-0.4, -0.2) is 33.9 Å². The van der Waals surface area contributed by atoms with Gasteiger partial charge in [0.25, 0.3) is 0 Å². The smallest absolute Gasteiger partial charge is 0.301 e. The SMILES string of the molecule is CCCCCCCCCCCCCCCCCC(=O)OO.COS(=O)(=O)OC. The highest BCUT2D eigenvalue weighted by Crippen LogP contribution is 2.13. The van der Waals surface area contributed by atoms with E-state index in [0.717, 1.165) is 27.1 Å². The van der Waals surface area contributed by atoms with Gasteiger partial charge < -0.3 is 4.89 Å². The first-order valence-electron chi connectivity index (χ1n) is 10.6. The summed E-state index contributed by atoms with van der Waals surface area (Å²) in [6, 6.07) is 0. The predicted octanol–water partition coefficient (Wildman–Crippen LogP) is 5.79. The lowest BCUT2D eigenvalue weighted by Crippen LogP contribution is -2.02. The van der Waals surface area contributed by atoms with Gasteiger partial charge in [-0.3, -0.25) is 8.37 Å². The van der Waals surface area contributed by atoms with Crippen molar-refractivity contribution in [3.05, 3.63) is 0 Å². The molecule has 0 bridgehead atoms. The Kier molecular flexibility index (Phi) is 23.8. The second kappa shape index (κ2) is 22.6. The second-order valence-electron chi connectivity index (χ2n) is 6.90. The van der Waals surface area contributed by atoms with Gasteiger partial charge in [-0.25, -0.2) is 4.79 Å². The van der Waals surface area contributed by atoms with Crippen LogP contribution in [0.1, 0.15) is 110 Å². The molecule has 0 aromatic carbocycles. The fourth-order valence-corrected chi connectivity index (χ4v) is 2.89. The van der Waals surface area contributed by atoms with Crippen LogP contribution in [0.2, 0.25) is 0 Å². The highest BCUT2D eigenvalue weighted by Gasteiger charge is 2.01. The van der Waals surface area contributed by atoms with Crippen LogP contribution in [0.5, 0.6) is 0 Å². The zero-order chi connectivity index (χ0) is 21.5. The molecule has 0 rings (SSSR count). The molecule has 0 aromatic rings. The lowest BCUT2D eigenvalue weighted by atomic mass is 10.0. The first-order valence-corrected chi connectivity index (χ1v) is 12.0. The van der Waals surface area contributed by atoms with E-state index in [2.05, 4.69) is 20.2 Å². The van der Waals surface area contributed by atoms with Gasteiger partial charge in [0.2, 0.25) is 0 Å². The van der Waals surface area contributed by atoms with E-state index in [1.165, 1.54) is 83.5 Å². The third-order valence-corrected chi connectivity index (χ3v) is 5.31. The van der Waals surface area contributed by atoms with Crippen LogP contribution >= 0.6 is 0 Å². The topological polar surface area (TPSA) is 99.1 Å². The minimum absolute atomic E-state index is 0.342. The fourth-order valence-electron chi connectivity index (χ4n) is 2.75. The summed E-state index contributed by atoms with van der Waals surface area (Å²) in [7, 11) is -1.60. The maximum absolute atomic E-state index is 10.7. The maximum Gasteiger partial charge on any atom is 0.399 e. The van der Waals surface area contributed by atoms with Crippen molar-refractivity contribution in [3.63, 3.8) is 0 Å². The molecular weight excluding hydrogens is 384 g/mol. The molecule has 0 unspecified atom stereocenters. The summed E-state index contributed by atoms with van der Waals surface area (Å²) in [6.07, 6.45) is 20.0. The van der Waals surface area contributed by atoms with Gasteiger partial charge in [-0.2, -0.15) is 13.7 Å². The zero-order valence-electron chi connectivity index (χ0n) is 18.1. The Morgan fingerprint density at radius 3 is 1.25 bits per heavy atom. The predicted molar refractivity (Wildman–Crippen MR) is 111 cm³/mol. The molecule has 0 saturated carbocycles. The van der Waals surface area contributed by atoms with E-state index < -0.39 is 16.4 Å². The minimum atomic E-state index is -3.66. The Labute approximate surface area is 172 Å². The number of carbonyl (C=O) groups excluding carboxylic acids is 1. The molecule has 28 heavy (non-hydrogen) atoms.